The number of hydrogen-bond acceptors (Lipinski definition) is 7. The number of esters is 1. The van der Waals surface area contributed by atoms with Crippen LogP contribution in [0, 0.1) is 0 Å². The molecule has 2 atom stereocenters. The minimum absolute atomic E-state index is 0. The number of pyridine rings is 1. The Balaban J connectivity index is 0.00000200. The fourth-order valence-corrected chi connectivity index (χ4v) is 6.39. The van der Waals surface area contributed by atoms with Gasteiger partial charge in [-0.25, -0.2) is 4.79 Å². The van der Waals surface area contributed by atoms with E-state index in [1.165, 1.54) is 4.90 Å². The molecule has 1 saturated heterocycles. The number of carbonyl (C=O) groups is 2. The molecule has 0 aliphatic carbocycles. The van der Waals surface area contributed by atoms with Crippen molar-refractivity contribution in [3.05, 3.63) is 119 Å². The van der Waals surface area contributed by atoms with E-state index >= 15 is 0 Å². The fourth-order valence-electron chi connectivity index (χ4n) is 4.18. The molecular weight excluding hydrogens is 561 g/mol. The molecule has 2 N–H and O–H groups in total. The average molecular weight is 589 g/mol. The van der Waals surface area contributed by atoms with Crippen LogP contribution in [0.1, 0.15) is 22.8 Å². The van der Waals surface area contributed by atoms with E-state index in [9.17, 15) is 9.59 Å². The number of amides is 1. The number of thioether (sulfide) groups is 2. The Morgan fingerprint density at radius 2 is 1.74 bits per heavy atom. The fraction of sp³-hybridized carbons (Fsp3) is 0.179. The third-order valence-corrected chi connectivity index (χ3v) is 8.21. The van der Waals surface area contributed by atoms with Gasteiger partial charge in [0, 0.05) is 23.9 Å². The van der Waals surface area contributed by atoms with Crippen molar-refractivity contribution >= 4 is 66.3 Å². The topological polar surface area (TPSA) is 85.5 Å². The van der Waals surface area contributed by atoms with E-state index in [0.717, 1.165) is 22.3 Å². The number of rotatable bonds is 8. The molecule has 0 saturated carbocycles. The van der Waals surface area contributed by atoms with Crippen LogP contribution in [-0.4, -0.2) is 44.7 Å². The van der Waals surface area contributed by atoms with Crippen molar-refractivity contribution in [2.45, 2.75) is 17.5 Å². The van der Waals surface area contributed by atoms with E-state index in [0.29, 0.717) is 17.2 Å². The van der Waals surface area contributed by atoms with E-state index in [4.69, 9.17) is 10.5 Å². The summed E-state index contributed by atoms with van der Waals surface area (Å²) in [7, 11) is 0. The molecule has 3 aromatic rings. The summed E-state index contributed by atoms with van der Waals surface area (Å²) in [6.07, 6.45) is 4.90. The number of hydrogen-bond donors (Lipinski definition) is 1. The number of halogens is 2. The first-order valence-corrected chi connectivity index (χ1v) is 13.6. The first kappa shape index (κ1) is 29.8. The largest absolute Gasteiger partial charge is 0.448 e. The Morgan fingerprint density at radius 3 is 2.34 bits per heavy atom. The monoisotopic (exact) mass is 587 g/mol. The van der Waals surface area contributed by atoms with Gasteiger partial charge in [0.15, 0.2) is 6.10 Å². The third kappa shape index (κ3) is 6.45. The molecule has 2 aliphatic heterocycles. The first-order valence-electron chi connectivity index (χ1n) is 11.5. The van der Waals surface area contributed by atoms with Gasteiger partial charge < -0.3 is 10.5 Å². The van der Waals surface area contributed by atoms with Crippen molar-refractivity contribution in [1.29, 1.82) is 0 Å². The third-order valence-electron chi connectivity index (χ3n) is 6.01. The minimum atomic E-state index is -0.600. The predicted octanol–water partition coefficient (Wildman–Crippen LogP) is 5.46. The van der Waals surface area contributed by atoms with Gasteiger partial charge in [0.25, 0.3) is 0 Å². The molecule has 5 rings (SSSR count). The number of benzene rings is 2. The van der Waals surface area contributed by atoms with E-state index < -0.39 is 18.1 Å². The Kier molecular flexibility index (Phi) is 10.9. The number of carbonyl (C=O) groups excluding carboxylic acids is 2. The molecule has 6 nitrogen and oxygen atoms in total. The van der Waals surface area contributed by atoms with Gasteiger partial charge in [-0.1, -0.05) is 66.7 Å². The smallest absolute Gasteiger partial charge is 0.356 e. The van der Waals surface area contributed by atoms with Crippen molar-refractivity contribution in [2.75, 3.05) is 11.5 Å². The molecule has 0 spiro atoms. The first-order chi connectivity index (χ1) is 17.6. The highest BCUT2D eigenvalue weighted by Gasteiger charge is 2.52. The van der Waals surface area contributed by atoms with E-state index in [1.54, 1.807) is 35.9 Å². The second-order valence-electron chi connectivity index (χ2n) is 8.39. The van der Waals surface area contributed by atoms with Crippen molar-refractivity contribution in [3.63, 3.8) is 0 Å². The molecule has 1 aromatic heterocycles. The van der Waals surface area contributed by atoms with Crippen LogP contribution in [0.5, 0.6) is 0 Å². The molecule has 1 amide bonds. The molecule has 0 bridgehead atoms. The van der Waals surface area contributed by atoms with Gasteiger partial charge in [0.2, 0.25) is 5.91 Å². The van der Waals surface area contributed by atoms with Crippen LogP contribution in [-0.2, 0) is 14.3 Å². The standard InChI is InChI=1S/C28H25N3O3S2.2ClH/c29-23-26(32)31-24(22(18-36-27(23)31)17-35-15-13-19-8-7-14-30-16-19)28(33)34-25(20-9-3-1-4-10-20)21-11-5-2-6-12-21;;/h1-16,23,25,27H,17-18,29H2;2*1H/b15-13-;;/t23?,27-;;/m1../s1. The van der Waals surface area contributed by atoms with Crippen molar-refractivity contribution in [1.82, 2.24) is 9.88 Å². The van der Waals surface area contributed by atoms with Gasteiger partial charge >= 0.3 is 5.97 Å². The maximum Gasteiger partial charge on any atom is 0.356 e. The Labute approximate surface area is 242 Å². The summed E-state index contributed by atoms with van der Waals surface area (Å²) in [5, 5.41) is 1.73. The van der Waals surface area contributed by atoms with Crippen LogP contribution in [0.3, 0.4) is 0 Å². The van der Waals surface area contributed by atoms with Gasteiger partial charge in [-0.3, -0.25) is 14.7 Å². The quantitative estimate of drug-likeness (QED) is 0.276. The number of nitrogens with zero attached hydrogens (tertiary/aromatic N) is 2. The molecule has 10 heteroatoms. The van der Waals surface area contributed by atoms with E-state index in [-0.39, 0.29) is 36.1 Å². The van der Waals surface area contributed by atoms with Gasteiger partial charge in [0.1, 0.15) is 17.1 Å². The molecule has 0 radical (unpaired) electrons. The average Bonchev–Trinajstić information content (AvgIpc) is 2.94. The molecule has 1 fully saturated rings. The van der Waals surface area contributed by atoms with Gasteiger partial charge in [-0.15, -0.1) is 48.3 Å². The second-order valence-corrected chi connectivity index (χ2v) is 10.4. The lowest BCUT2D eigenvalue weighted by Crippen LogP contribution is -2.68. The van der Waals surface area contributed by atoms with E-state index in [1.807, 2.05) is 84.3 Å². The van der Waals surface area contributed by atoms with E-state index in [2.05, 4.69) is 4.98 Å². The lowest BCUT2D eigenvalue weighted by Gasteiger charge is -2.48. The van der Waals surface area contributed by atoms with Gasteiger partial charge in [-0.05, 0) is 39.8 Å². The Hall–Kier alpha value is -2.75. The zero-order chi connectivity index (χ0) is 24.9. The summed E-state index contributed by atoms with van der Waals surface area (Å²) < 4.78 is 6.13. The zero-order valence-electron chi connectivity index (χ0n) is 20.2. The van der Waals surface area contributed by atoms with Crippen LogP contribution in [0.15, 0.2) is 102 Å². The maximum atomic E-state index is 13.7. The van der Waals surface area contributed by atoms with Crippen LogP contribution >= 0.6 is 48.3 Å². The van der Waals surface area contributed by atoms with Crippen molar-refractivity contribution in [2.24, 2.45) is 5.73 Å². The SMILES string of the molecule is Cl.Cl.NC1C(=O)N2C(C(=O)OC(c3ccccc3)c3ccccc3)=C(CS/C=C\c3cccnc3)CS[C@H]12. The molecule has 2 aromatic carbocycles. The van der Waals surface area contributed by atoms with Gasteiger partial charge in [0.05, 0.1) is 0 Å². The Bertz CT molecular complexity index is 1250. The number of β-lactam (4-membered cyclic amide) rings is 1. The lowest BCUT2D eigenvalue weighted by molar-refractivity contribution is -0.153. The van der Waals surface area contributed by atoms with Crippen LogP contribution in [0.4, 0.5) is 0 Å². The summed E-state index contributed by atoms with van der Waals surface area (Å²) in [6, 6.07) is 22.5. The van der Waals surface area contributed by atoms with Crippen LogP contribution < -0.4 is 5.73 Å². The maximum absolute atomic E-state index is 13.7. The number of ether oxygens (including phenoxy) is 1. The highest BCUT2D eigenvalue weighted by atomic mass is 35.5. The summed E-state index contributed by atoms with van der Waals surface area (Å²) in [5.41, 5.74) is 9.95. The number of nitrogens with two attached hydrogens (primary N) is 1. The normalized spacial score (nSPS) is 18.4. The zero-order valence-corrected chi connectivity index (χ0v) is 23.5. The van der Waals surface area contributed by atoms with Crippen LogP contribution in [0.2, 0.25) is 0 Å². The number of fused-ring (bicyclic) bond motifs is 1. The number of aromatic nitrogens is 1. The molecule has 1 unspecified atom stereocenters. The summed E-state index contributed by atoms with van der Waals surface area (Å²) in [4.78, 5) is 32.1. The lowest BCUT2D eigenvalue weighted by atomic mass is 10.0. The van der Waals surface area contributed by atoms with Crippen LogP contribution in [0.25, 0.3) is 6.08 Å². The second kappa shape index (κ2) is 13.9. The molecule has 2 aliphatic rings. The summed E-state index contributed by atoms with van der Waals surface area (Å²) in [6.45, 7) is 0. The molecule has 38 heavy (non-hydrogen) atoms. The summed E-state index contributed by atoms with van der Waals surface area (Å²) >= 11 is 3.15. The molecular formula is C28H27Cl2N3O3S2. The molecule has 3 heterocycles. The van der Waals surface area contributed by atoms with Crippen molar-refractivity contribution in [3.8, 4) is 0 Å². The Morgan fingerprint density at radius 1 is 1.08 bits per heavy atom. The summed E-state index contributed by atoms with van der Waals surface area (Å²) in [5.74, 6) is 0.414. The minimum Gasteiger partial charge on any atom is -0.448 e. The predicted molar refractivity (Wildman–Crippen MR) is 159 cm³/mol. The highest BCUT2D eigenvalue weighted by molar-refractivity contribution is 8.02. The highest BCUT2D eigenvalue weighted by Crippen LogP contribution is 2.41. The van der Waals surface area contributed by atoms with Crippen molar-refractivity contribution < 1.29 is 14.3 Å². The van der Waals surface area contributed by atoms with Gasteiger partial charge in [-0.2, -0.15) is 0 Å². The molecule has 198 valence electrons.